The minimum Gasteiger partial charge on any atom is -0.489 e. The predicted molar refractivity (Wildman–Crippen MR) is 163 cm³/mol. The highest BCUT2D eigenvalue weighted by atomic mass is 16.5. The van der Waals surface area contributed by atoms with E-state index in [1.807, 2.05) is 30.3 Å². The maximum atomic E-state index is 6.61. The monoisotopic (exact) mass is 540 g/mol. The molecule has 0 aliphatic heterocycles. The molecule has 0 saturated heterocycles. The summed E-state index contributed by atoms with van der Waals surface area (Å²) in [5.74, 6) is 5.32. The summed E-state index contributed by atoms with van der Waals surface area (Å²) in [5.41, 5.74) is 6.94. The second-order valence-electron chi connectivity index (χ2n) is 12.7. The molecule has 1 N–H and O–H groups in total. The molecule has 4 saturated carbocycles. The first kappa shape index (κ1) is 24.7. The van der Waals surface area contributed by atoms with Gasteiger partial charge in [0, 0.05) is 11.1 Å². The van der Waals surface area contributed by atoms with Gasteiger partial charge in [-0.3, -0.25) is 0 Å². The number of aromatic amines is 1. The Hall–Kier alpha value is -4.05. The molecule has 206 valence electrons. The highest BCUT2D eigenvalue weighted by Crippen LogP contribution is 2.62. The van der Waals surface area contributed by atoms with E-state index < -0.39 is 0 Å². The molecule has 4 aliphatic rings. The van der Waals surface area contributed by atoms with Gasteiger partial charge in [0.05, 0.1) is 5.52 Å². The zero-order valence-electron chi connectivity index (χ0n) is 23.4. The van der Waals surface area contributed by atoms with Crippen LogP contribution in [0.5, 0.6) is 11.5 Å². The Morgan fingerprint density at radius 2 is 1.27 bits per heavy atom. The number of hydrogen-bond donors (Lipinski definition) is 1. The minimum absolute atomic E-state index is 0.215. The Labute approximate surface area is 241 Å². The highest BCUT2D eigenvalue weighted by Gasteiger charge is 2.52. The Kier molecular flexibility index (Phi) is 6.09. The molecule has 4 aromatic carbocycles. The fourth-order valence-corrected chi connectivity index (χ4v) is 8.39. The van der Waals surface area contributed by atoms with Crippen LogP contribution in [0.15, 0.2) is 97.1 Å². The van der Waals surface area contributed by atoms with Crippen LogP contribution in [-0.2, 0) is 18.6 Å². The van der Waals surface area contributed by atoms with Crippen molar-refractivity contribution in [2.24, 2.45) is 17.8 Å². The van der Waals surface area contributed by atoms with Gasteiger partial charge in [-0.2, -0.15) is 0 Å². The second kappa shape index (κ2) is 10.1. The third kappa shape index (κ3) is 4.69. The SMILES string of the molecule is c1ccc(COc2ccc(-c3nc4c(OCc5ccccc5)cccc4[nH]3)cc2C23CC4CC(CC(C4)C2)C3)cc1. The van der Waals surface area contributed by atoms with E-state index in [1.165, 1.54) is 49.7 Å². The van der Waals surface area contributed by atoms with Gasteiger partial charge in [0.1, 0.15) is 36.1 Å². The molecule has 4 bridgehead atoms. The van der Waals surface area contributed by atoms with Crippen molar-refractivity contribution in [2.75, 3.05) is 0 Å². The summed E-state index contributed by atoms with van der Waals surface area (Å²) in [7, 11) is 0. The summed E-state index contributed by atoms with van der Waals surface area (Å²) >= 11 is 0. The predicted octanol–water partition coefficient (Wildman–Crippen LogP) is 8.86. The van der Waals surface area contributed by atoms with Crippen LogP contribution < -0.4 is 9.47 Å². The first-order valence-electron chi connectivity index (χ1n) is 15.2. The van der Waals surface area contributed by atoms with Gasteiger partial charge in [0.25, 0.3) is 0 Å². The molecule has 1 heterocycles. The molecule has 4 heteroatoms. The van der Waals surface area contributed by atoms with E-state index in [2.05, 4.69) is 71.7 Å². The van der Waals surface area contributed by atoms with Crippen LogP contribution >= 0.6 is 0 Å². The molecule has 1 aromatic heterocycles. The Morgan fingerprint density at radius 3 is 1.90 bits per heavy atom. The standard InChI is InChI=1S/C37H36N2O2/c1-3-8-25(9-4-1)23-40-33-15-14-30(19-31(33)37-20-27-16-28(21-37)18-29(17-27)22-37)36-38-32-12-7-13-34(35(32)39-36)41-24-26-10-5-2-6-11-26/h1-15,19,27-29H,16-18,20-24H2,(H,38,39). The third-order valence-electron chi connectivity index (χ3n) is 9.81. The Bertz CT molecular complexity index is 1640. The van der Waals surface area contributed by atoms with Gasteiger partial charge in [-0.25, -0.2) is 4.98 Å². The van der Waals surface area contributed by atoms with Gasteiger partial charge in [0.2, 0.25) is 0 Å². The van der Waals surface area contributed by atoms with Gasteiger partial charge in [-0.1, -0.05) is 66.7 Å². The fourth-order valence-electron chi connectivity index (χ4n) is 8.39. The molecular weight excluding hydrogens is 504 g/mol. The van der Waals surface area contributed by atoms with Crippen LogP contribution in [0, 0.1) is 17.8 Å². The van der Waals surface area contributed by atoms with Crippen molar-refractivity contribution >= 4 is 11.0 Å². The lowest BCUT2D eigenvalue weighted by atomic mass is 9.48. The van der Waals surface area contributed by atoms with E-state index in [1.54, 1.807) is 0 Å². The van der Waals surface area contributed by atoms with Crippen molar-refractivity contribution in [3.63, 3.8) is 0 Å². The molecule has 4 fully saturated rings. The number of H-pyrrole nitrogens is 1. The van der Waals surface area contributed by atoms with Crippen LogP contribution in [0.4, 0.5) is 0 Å². The maximum absolute atomic E-state index is 6.61. The van der Waals surface area contributed by atoms with Crippen molar-refractivity contribution < 1.29 is 9.47 Å². The number of nitrogens with zero attached hydrogens (tertiary/aromatic N) is 1. The molecule has 5 aromatic rings. The van der Waals surface area contributed by atoms with Crippen LogP contribution in [0.1, 0.15) is 55.2 Å². The minimum atomic E-state index is 0.215. The number of para-hydroxylation sites is 1. The van der Waals surface area contributed by atoms with Gasteiger partial charge in [0.15, 0.2) is 0 Å². The topological polar surface area (TPSA) is 47.1 Å². The first-order valence-corrected chi connectivity index (χ1v) is 15.2. The lowest BCUT2D eigenvalue weighted by Gasteiger charge is -2.57. The molecule has 0 spiro atoms. The third-order valence-corrected chi connectivity index (χ3v) is 9.81. The number of aromatic nitrogens is 2. The summed E-state index contributed by atoms with van der Waals surface area (Å²) < 4.78 is 12.8. The van der Waals surface area contributed by atoms with E-state index in [0.29, 0.717) is 13.2 Å². The van der Waals surface area contributed by atoms with Crippen molar-refractivity contribution in [1.29, 1.82) is 0 Å². The zero-order chi connectivity index (χ0) is 27.2. The summed E-state index contributed by atoms with van der Waals surface area (Å²) in [4.78, 5) is 8.68. The number of ether oxygens (including phenoxy) is 2. The molecule has 41 heavy (non-hydrogen) atoms. The summed E-state index contributed by atoms with van der Waals surface area (Å²) in [6.07, 6.45) is 8.16. The van der Waals surface area contributed by atoms with Crippen molar-refractivity contribution in [3.8, 4) is 22.9 Å². The number of rotatable bonds is 8. The first-order chi connectivity index (χ1) is 20.2. The lowest BCUT2D eigenvalue weighted by Crippen LogP contribution is -2.48. The van der Waals surface area contributed by atoms with Gasteiger partial charge in [-0.15, -0.1) is 0 Å². The zero-order valence-corrected chi connectivity index (χ0v) is 23.4. The molecule has 4 aliphatic carbocycles. The number of fused-ring (bicyclic) bond motifs is 1. The molecular formula is C37H36N2O2. The van der Waals surface area contributed by atoms with Crippen LogP contribution in [0.2, 0.25) is 0 Å². The van der Waals surface area contributed by atoms with E-state index in [0.717, 1.165) is 57.2 Å². The average Bonchev–Trinajstić information content (AvgIpc) is 3.45. The molecule has 0 atom stereocenters. The van der Waals surface area contributed by atoms with Crippen LogP contribution in [0.3, 0.4) is 0 Å². The van der Waals surface area contributed by atoms with E-state index in [4.69, 9.17) is 14.5 Å². The smallest absolute Gasteiger partial charge is 0.147 e. The van der Waals surface area contributed by atoms with Gasteiger partial charge < -0.3 is 14.5 Å². The Morgan fingerprint density at radius 1 is 0.659 bits per heavy atom. The van der Waals surface area contributed by atoms with E-state index in [9.17, 15) is 0 Å². The largest absolute Gasteiger partial charge is 0.489 e. The van der Waals surface area contributed by atoms with Crippen molar-refractivity contribution in [1.82, 2.24) is 9.97 Å². The molecule has 0 radical (unpaired) electrons. The lowest BCUT2D eigenvalue weighted by molar-refractivity contribution is -0.00645. The second-order valence-corrected chi connectivity index (χ2v) is 12.7. The summed E-state index contributed by atoms with van der Waals surface area (Å²) in [6.45, 7) is 1.11. The van der Waals surface area contributed by atoms with Gasteiger partial charge in [-0.05, 0) is 103 Å². The highest BCUT2D eigenvalue weighted by molar-refractivity contribution is 5.85. The van der Waals surface area contributed by atoms with Crippen molar-refractivity contribution in [2.45, 2.75) is 57.2 Å². The summed E-state index contributed by atoms with van der Waals surface area (Å²) in [5, 5.41) is 0. The molecule has 9 rings (SSSR count). The van der Waals surface area contributed by atoms with Crippen molar-refractivity contribution in [3.05, 3.63) is 114 Å². The van der Waals surface area contributed by atoms with Gasteiger partial charge >= 0.3 is 0 Å². The molecule has 0 amide bonds. The van der Waals surface area contributed by atoms with E-state index in [-0.39, 0.29) is 5.41 Å². The molecule has 4 nitrogen and oxygen atoms in total. The fraction of sp³-hybridized carbons (Fsp3) is 0.324. The molecule has 0 unspecified atom stereocenters. The number of benzene rings is 4. The van der Waals surface area contributed by atoms with Crippen LogP contribution in [0.25, 0.3) is 22.4 Å². The summed E-state index contributed by atoms with van der Waals surface area (Å²) in [6, 6.07) is 33.7. The number of imidazole rings is 1. The quantitative estimate of drug-likeness (QED) is 0.214. The van der Waals surface area contributed by atoms with Crippen LogP contribution in [-0.4, -0.2) is 9.97 Å². The number of nitrogens with one attached hydrogen (secondary N) is 1. The van der Waals surface area contributed by atoms with E-state index >= 15 is 0 Å². The maximum Gasteiger partial charge on any atom is 0.147 e. The Balaban J connectivity index is 1.15. The average molecular weight is 541 g/mol. The number of hydrogen-bond acceptors (Lipinski definition) is 3. The normalized spacial score (nSPS) is 24.5.